The van der Waals surface area contributed by atoms with Crippen LogP contribution >= 0.6 is 0 Å². The molecule has 0 radical (unpaired) electrons. The van der Waals surface area contributed by atoms with E-state index in [4.69, 9.17) is 9.47 Å². The molecule has 1 aliphatic rings. The maximum Gasteiger partial charge on any atom is 0.275 e. The molecule has 4 aromatic carbocycles. The van der Waals surface area contributed by atoms with Gasteiger partial charge in [-0.15, -0.1) is 0 Å². The molecule has 228 valence electrons. The normalized spacial score (nSPS) is 12.8. The van der Waals surface area contributed by atoms with Crippen LogP contribution in [0.5, 0.6) is 11.5 Å². The van der Waals surface area contributed by atoms with Gasteiger partial charge in [-0.2, -0.15) is 0 Å². The van der Waals surface area contributed by atoms with E-state index in [0.717, 1.165) is 49.5 Å². The summed E-state index contributed by atoms with van der Waals surface area (Å²) in [6.45, 7) is 4.68. The lowest BCUT2D eigenvalue weighted by molar-refractivity contribution is 0.102. The standard InChI is InChI=1S/C36H35N5O4/c1-23-8-13-29(40-36(43)32-21-37-30-6-4-5-7-31(30)39-32)28(18-23)35(42)38-27-11-9-24(10-12-27)14-16-41-17-15-25-19-33(44-2)34(45-3)20-26(25)22-41/h4-13,18-21H,14-17,22H2,1-3H3,(H,38,42)(H,40,43). The van der Waals surface area contributed by atoms with Crippen molar-refractivity contribution in [3.8, 4) is 11.5 Å². The van der Waals surface area contributed by atoms with Gasteiger partial charge in [0.1, 0.15) is 5.69 Å². The Labute approximate surface area is 262 Å². The van der Waals surface area contributed by atoms with Crippen molar-refractivity contribution < 1.29 is 19.1 Å². The molecule has 6 rings (SSSR count). The molecular formula is C36H35N5O4. The van der Waals surface area contributed by atoms with Crippen LogP contribution in [0, 0.1) is 6.92 Å². The number of carbonyl (C=O) groups excluding carboxylic acids is 2. The van der Waals surface area contributed by atoms with E-state index in [-0.39, 0.29) is 11.6 Å². The summed E-state index contributed by atoms with van der Waals surface area (Å²) in [6.07, 6.45) is 3.30. The zero-order valence-electron chi connectivity index (χ0n) is 25.6. The molecule has 0 aliphatic carbocycles. The molecule has 0 fully saturated rings. The number of ether oxygens (including phenoxy) is 2. The predicted octanol–water partition coefficient (Wildman–Crippen LogP) is 6.06. The smallest absolute Gasteiger partial charge is 0.275 e. The number of nitrogens with zero attached hydrogens (tertiary/aromatic N) is 3. The SMILES string of the molecule is COc1cc2c(cc1OC)CN(CCc1ccc(NC(=O)c3cc(C)ccc3NC(=O)c3cnc4ccccc4n3)cc1)CC2. The zero-order chi connectivity index (χ0) is 31.3. The van der Waals surface area contributed by atoms with E-state index in [2.05, 4.69) is 37.6 Å². The van der Waals surface area contributed by atoms with Crippen LogP contribution in [0.2, 0.25) is 0 Å². The first-order chi connectivity index (χ1) is 21.9. The molecule has 9 nitrogen and oxygen atoms in total. The number of para-hydroxylation sites is 2. The molecule has 0 spiro atoms. The Bertz CT molecular complexity index is 1870. The summed E-state index contributed by atoms with van der Waals surface area (Å²) in [5.41, 5.74) is 7.60. The maximum absolute atomic E-state index is 13.4. The fourth-order valence-corrected chi connectivity index (χ4v) is 5.58. The molecule has 5 aromatic rings. The van der Waals surface area contributed by atoms with Gasteiger partial charge >= 0.3 is 0 Å². The van der Waals surface area contributed by atoms with Gasteiger partial charge < -0.3 is 20.1 Å². The second-order valence-electron chi connectivity index (χ2n) is 11.2. The monoisotopic (exact) mass is 601 g/mol. The lowest BCUT2D eigenvalue weighted by Crippen LogP contribution is -2.32. The van der Waals surface area contributed by atoms with Crippen molar-refractivity contribution in [3.63, 3.8) is 0 Å². The number of aryl methyl sites for hydroxylation is 1. The van der Waals surface area contributed by atoms with Crippen LogP contribution in [0.3, 0.4) is 0 Å². The number of carbonyl (C=O) groups is 2. The Morgan fingerprint density at radius 3 is 2.33 bits per heavy atom. The largest absolute Gasteiger partial charge is 0.493 e. The summed E-state index contributed by atoms with van der Waals surface area (Å²) in [4.78, 5) is 37.6. The molecule has 0 unspecified atom stereocenters. The molecule has 9 heteroatoms. The number of fused-ring (bicyclic) bond motifs is 2. The molecule has 1 aromatic heterocycles. The third-order valence-corrected chi connectivity index (χ3v) is 8.07. The summed E-state index contributed by atoms with van der Waals surface area (Å²) in [6, 6.07) is 24.8. The van der Waals surface area contributed by atoms with Gasteiger partial charge in [0, 0.05) is 25.3 Å². The number of anilines is 2. The van der Waals surface area contributed by atoms with Crippen molar-refractivity contribution in [2.24, 2.45) is 0 Å². The highest BCUT2D eigenvalue weighted by Crippen LogP contribution is 2.33. The van der Waals surface area contributed by atoms with Crippen LogP contribution in [-0.2, 0) is 19.4 Å². The van der Waals surface area contributed by atoms with Gasteiger partial charge in [-0.25, -0.2) is 4.98 Å². The Kier molecular flexibility index (Phi) is 8.70. The highest BCUT2D eigenvalue weighted by atomic mass is 16.5. The summed E-state index contributed by atoms with van der Waals surface area (Å²) in [5.74, 6) is 0.781. The lowest BCUT2D eigenvalue weighted by Gasteiger charge is -2.29. The van der Waals surface area contributed by atoms with E-state index in [9.17, 15) is 9.59 Å². The van der Waals surface area contributed by atoms with Crippen molar-refractivity contribution in [3.05, 3.63) is 119 Å². The quantitative estimate of drug-likeness (QED) is 0.212. The Hall–Kier alpha value is -5.28. The number of rotatable bonds is 9. The van der Waals surface area contributed by atoms with E-state index >= 15 is 0 Å². The number of hydrogen-bond donors (Lipinski definition) is 2. The van der Waals surface area contributed by atoms with Crippen molar-refractivity contribution in [2.45, 2.75) is 26.3 Å². The van der Waals surface area contributed by atoms with Crippen molar-refractivity contribution in [2.75, 3.05) is 37.9 Å². The fraction of sp³-hybridized carbons (Fsp3) is 0.222. The Balaban J connectivity index is 1.08. The summed E-state index contributed by atoms with van der Waals surface area (Å²) in [5, 5.41) is 5.82. The molecule has 2 N–H and O–H groups in total. The number of aromatic nitrogens is 2. The average Bonchev–Trinajstić information content (AvgIpc) is 3.07. The molecule has 0 atom stereocenters. The number of benzene rings is 4. The molecule has 2 heterocycles. The van der Waals surface area contributed by atoms with Gasteiger partial charge in [0.05, 0.1) is 42.7 Å². The number of methoxy groups -OCH3 is 2. The van der Waals surface area contributed by atoms with Crippen LogP contribution in [0.25, 0.3) is 11.0 Å². The van der Waals surface area contributed by atoms with Crippen molar-refractivity contribution in [1.82, 2.24) is 14.9 Å². The lowest BCUT2D eigenvalue weighted by atomic mass is 9.98. The van der Waals surface area contributed by atoms with Gasteiger partial charge in [0.2, 0.25) is 0 Å². The number of nitrogens with one attached hydrogen (secondary N) is 2. The van der Waals surface area contributed by atoms with Gasteiger partial charge in [-0.3, -0.25) is 19.5 Å². The van der Waals surface area contributed by atoms with Gasteiger partial charge in [-0.05, 0) is 85.0 Å². The summed E-state index contributed by atoms with van der Waals surface area (Å²) < 4.78 is 11.0. The van der Waals surface area contributed by atoms with Crippen LogP contribution in [-0.4, -0.2) is 54.0 Å². The molecule has 0 saturated carbocycles. The third kappa shape index (κ3) is 6.78. The van der Waals surface area contributed by atoms with E-state index in [0.29, 0.717) is 28.0 Å². The fourth-order valence-electron chi connectivity index (χ4n) is 5.58. The van der Waals surface area contributed by atoms with E-state index in [1.807, 2.05) is 55.5 Å². The van der Waals surface area contributed by atoms with Crippen LogP contribution < -0.4 is 20.1 Å². The zero-order valence-corrected chi connectivity index (χ0v) is 25.6. The molecule has 0 saturated heterocycles. The minimum atomic E-state index is -0.438. The molecular weight excluding hydrogens is 566 g/mol. The van der Waals surface area contributed by atoms with E-state index in [1.54, 1.807) is 32.4 Å². The second-order valence-corrected chi connectivity index (χ2v) is 11.2. The first-order valence-electron chi connectivity index (χ1n) is 14.9. The van der Waals surface area contributed by atoms with Crippen LogP contribution in [0.1, 0.15) is 43.1 Å². The minimum Gasteiger partial charge on any atom is -0.493 e. The van der Waals surface area contributed by atoms with Crippen molar-refractivity contribution >= 4 is 34.2 Å². The first kappa shape index (κ1) is 29.8. The second kappa shape index (κ2) is 13.2. The average molecular weight is 602 g/mol. The predicted molar refractivity (Wildman–Crippen MR) is 175 cm³/mol. The number of amides is 2. The van der Waals surface area contributed by atoms with Crippen molar-refractivity contribution in [1.29, 1.82) is 0 Å². The third-order valence-electron chi connectivity index (χ3n) is 8.07. The number of hydrogen-bond acceptors (Lipinski definition) is 7. The van der Waals surface area contributed by atoms with Gasteiger partial charge in [-0.1, -0.05) is 35.9 Å². The highest BCUT2D eigenvalue weighted by Gasteiger charge is 2.20. The molecule has 0 bridgehead atoms. The molecule has 2 amide bonds. The summed E-state index contributed by atoms with van der Waals surface area (Å²) >= 11 is 0. The molecule has 1 aliphatic heterocycles. The summed E-state index contributed by atoms with van der Waals surface area (Å²) in [7, 11) is 3.33. The topological polar surface area (TPSA) is 106 Å². The van der Waals surface area contributed by atoms with Gasteiger partial charge in [0.25, 0.3) is 11.8 Å². The Morgan fingerprint density at radius 2 is 1.58 bits per heavy atom. The van der Waals surface area contributed by atoms with E-state index < -0.39 is 5.91 Å². The minimum absolute atomic E-state index is 0.171. The van der Waals surface area contributed by atoms with Gasteiger partial charge in [0.15, 0.2) is 11.5 Å². The van der Waals surface area contributed by atoms with E-state index in [1.165, 1.54) is 22.9 Å². The first-order valence-corrected chi connectivity index (χ1v) is 14.9. The maximum atomic E-state index is 13.4. The van der Waals surface area contributed by atoms with Crippen LogP contribution in [0.15, 0.2) is 85.1 Å². The Morgan fingerprint density at radius 1 is 0.844 bits per heavy atom. The van der Waals surface area contributed by atoms with Crippen LogP contribution in [0.4, 0.5) is 11.4 Å². The highest BCUT2D eigenvalue weighted by molar-refractivity contribution is 6.12. The molecule has 45 heavy (non-hydrogen) atoms.